The molecule has 2 aromatic heterocycles. The number of aromatic nitrogens is 2. The first kappa shape index (κ1) is 21.0. The molecule has 1 saturated heterocycles. The lowest BCUT2D eigenvalue weighted by atomic mass is 10.0. The first-order valence-electron chi connectivity index (χ1n) is 9.81. The molecule has 0 bridgehead atoms. The van der Waals surface area contributed by atoms with Crippen molar-refractivity contribution in [1.29, 1.82) is 0 Å². The Morgan fingerprint density at radius 3 is 2.55 bits per heavy atom. The van der Waals surface area contributed by atoms with Gasteiger partial charge in [0.1, 0.15) is 17.4 Å². The fourth-order valence-corrected chi connectivity index (χ4v) is 4.53. The second-order valence-corrected chi connectivity index (χ2v) is 9.76. The quantitative estimate of drug-likeness (QED) is 0.636. The summed E-state index contributed by atoms with van der Waals surface area (Å²) in [5.41, 5.74) is 1.46. The molecule has 0 radical (unpaired) electrons. The third-order valence-corrected chi connectivity index (χ3v) is 6.68. The lowest BCUT2D eigenvalue weighted by Crippen LogP contribution is -2.41. The van der Waals surface area contributed by atoms with Crippen LogP contribution in [0.4, 0.5) is 4.79 Å². The van der Waals surface area contributed by atoms with E-state index in [9.17, 15) is 18.0 Å². The Morgan fingerprint density at radius 2 is 1.90 bits per heavy atom. The van der Waals surface area contributed by atoms with Gasteiger partial charge >= 0.3 is 6.09 Å². The largest absolute Gasteiger partial charge is 0.490 e. The van der Waals surface area contributed by atoms with E-state index in [1.807, 2.05) is 0 Å². The summed E-state index contributed by atoms with van der Waals surface area (Å²) in [6, 6.07) is 6.45. The topological polar surface area (TPSA) is 122 Å². The maximum Gasteiger partial charge on any atom is 0.407 e. The summed E-state index contributed by atoms with van der Waals surface area (Å²) < 4.78 is 32.0. The van der Waals surface area contributed by atoms with Crippen molar-refractivity contribution >= 4 is 26.8 Å². The van der Waals surface area contributed by atoms with E-state index in [4.69, 9.17) is 9.84 Å². The van der Waals surface area contributed by atoms with Gasteiger partial charge in [-0.1, -0.05) is 0 Å². The van der Waals surface area contributed by atoms with Crippen LogP contribution in [0, 0.1) is 0 Å². The number of carbonyl (C=O) groups is 1. The van der Waals surface area contributed by atoms with Crippen LogP contribution in [-0.2, 0) is 16.9 Å². The third kappa shape index (κ3) is 4.02. The molecule has 3 heterocycles. The average Bonchev–Trinajstić information content (AvgIpc) is 3.21. The smallest absolute Gasteiger partial charge is 0.407 e. The van der Waals surface area contributed by atoms with Crippen molar-refractivity contribution < 1.29 is 23.1 Å². The number of fused-ring (bicyclic) bond motifs is 1. The van der Waals surface area contributed by atoms with E-state index in [0.29, 0.717) is 53.7 Å². The molecule has 10 heteroatoms. The molecule has 2 N–H and O–H groups in total. The Hall–Kier alpha value is -3.27. The highest BCUT2D eigenvalue weighted by atomic mass is 32.2. The molecule has 1 aliphatic rings. The number of sulfone groups is 1. The average molecular weight is 445 g/mol. The molecule has 164 valence electrons. The molecule has 1 amide bonds. The van der Waals surface area contributed by atoms with E-state index >= 15 is 0 Å². The molecule has 1 aliphatic heterocycles. The summed E-state index contributed by atoms with van der Waals surface area (Å²) in [4.78, 5) is 28.0. The minimum absolute atomic E-state index is 0.146. The van der Waals surface area contributed by atoms with Gasteiger partial charge in [0.15, 0.2) is 9.84 Å². The summed E-state index contributed by atoms with van der Waals surface area (Å²) >= 11 is 0. The number of amides is 1. The Morgan fingerprint density at radius 1 is 1.19 bits per heavy atom. The number of aromatic amines is 1. The van der Waals surface area contributed by atoms with Crippen molar-refractivity contribution in [3.05, 3.63) is 47.0 Å². The zero-order chi connectivity index (χ0) is 22.3. The van der Waals surface area contributed by atoms with E-state index < -0.39 is 15.9 Å². The first-order chi connectivity index (χ1) is 14.6. The number of likely N-dealkylation sites (tertiary alicyclic amines) is 1. The molecule has 0 saturated carbocycles. The van der Waals surface area contributed by atoms with E-state index in [1.54, 1.807) is 37.6 Å². The number of hydrogen-bond acceptors (Lipinski definition) is 5. The van der Waals surface area contributed by atoms with Crippen LogP contribution >= 0.6 is 0 Å². The number of ether oxygens (including phenoxy) is 1. The molecule has 9 nitrogen and oxygen atoms in total. The standard InChI is InChI=1S/C21H23N3O6S/c1-23-12-17(15-5-8-22-19(15)20(23)25)16-11-14(31(2,28)29)3-4-18(16)30-13-6-9-24(10-7-13)21(26)27/h3-5,8,11-13,22H,6-7,9-10H2,1-2H3,(H,26,27). The van der Waals surface area contributed by atoms with Crippen LogP contribution in [0.5, 0.6) is 5.75 Å². The Balaban J connectivity index is 1.80. The number of H-pyrrole nitrogens is 1. The first-order valence-corrected chi connectivity index (χ1v) is 11.7. The zero-order valence-corrected chi connectivity index (χ0v) is 18.0. The van der Waals surface area contributed by atoms with Gasteiger partial charge in [-0.15, -0.1) is 0 Å². The van der Waals surface area contributed by atoms with E-state index in [-0.39, 0.29) is 16.6 Å². The monoisotopic (exact) mass is 445 g/mol. The van der Waals surface area contributed by atoms with Crippen LogP contribution in [0.15, 0.2) is 46.3 Å². The molecule has 0 atom stereocenters. The van der Waals surface area contributed by atoms with Gasteiger partial charge < -0.3 is 24.3 Å². The minimum atomic E-state index is -3.46. The van der Waals surface area contributed by atoms with Crippen LogP contribution in [-0.4, -0.2) is 59.5 Å². The maximum atomic E-state index is 12.4. The number of hydrogen-bond donors (Lipinski definition) is 2. The highest BCUT2D eigenvalue weighted by molar-refractivity contribution is 7.90. The van der Waals surface area contributed by atoms with Crippen LogP contribution < -0.4 is 10.3 Å². The molecular formula is C21H23N3O6S. The number of benzene rings is 1. The summed E-state index contributed by atoms with van der Waals surface area (Å²) in [7, 11) is -1.83. The van der Waals surface area contributed by atoms with Crippen molar-refractivity contribution in [2.45, 2.75) is 23.8 Å². The van der Waals surface area contributed by atoms with Gasteiger partial charge in [-0.05, 0) is 24.3 Å². The minimum Gasteiger partial charge on any atom is -0.490 e. The van der Waals surface area contributed by atoms with E-state index in [2.05, 4.69) is 4.98 Å². The van der Waals surface area contributed by atoms with E-state index in [1.165, 1.54) is 15.5 Å². The number of carboxylic acid groups (broad SMARTS) is 1. The molecule has 4 rings (SSSR count). The predicted octanol–water partition coefficient (Wildman–Crippen LogP) is 2.46. The van der Waals surface area contributed by atoms with Crippen molar-refractivity contribution in [3.63, 3.8) is 0 Å². The molecule has 3 aromatic rings. The molecule has 31 heavy (non-hydrogen) atoms. The van der Waals surface area contributed by atoms with Crippen molar-refractivity contribution in [3.8, 4) is 16.9 Å². The normalized spacial score (nSPS) is 15.4. The highest BCUT2D eigenvalue weighted by Gasteiger charge is 2.25. The van der Waals surface area contributed by atoms with Crippen LogP contribution in [0.3, 0.4) is 0 Å². The van der Waals surface area contributed by atoms with Gasteiger partial charge in [0.2, 0.25) is 0 Å². The number of piperidine rings is 1. The molecular weight excluding hydrogens is 422 g/mol. The number of aryl methyl sites for hydroxylation is 1. The number of nitrogens with one attached hydrogen (secondary N) is 1. The van der Waals surface area contributed by atoms with Gasteiger partial charge in [-0.25, -0.2) is 13.2 Å². The lowest BCUT2D eigenvalue weighted by Gasteiger charge is -2.31. The highest BCUT2D eigenvalue weighted by Crippen LogP contribution is 2.37. The second-order valence-electron chi connectivity index (χ2n) is 7.74. The lowest BCUT2D eigenvalue weighted by molar-refractivity contribution is 0.0897. The second kappa shape index (κ2) is 7.77. The van der Waals surface area contributed by atoms with Crippen LogP contribution in [0.25, 0.3) is 22.0 Å². The molecule has 0 aliphatic carbocycles. The molecule has 0 unspecified atom stereocenters. The summed E-state index contributed by atoms with van der Waals surface area (Å²) in [6.07, 6.45) is 4.39. The van der Waals surface area contributed by atoms with Gasteiger partial charge in [-0.3, -0.25) is 4.79 Å². The molecule has 1 fully saturated rings. The Bertz CT molecular complexity index is 1320. The summed E-state index contributed by atoms with van der Waals surface area (Å²) in [5.74, 6) is 0.488. The van der Waals surface area contributed by atoms with Crippen molar-refractivity contribution in [2.75, 3.05) is 19.3 Å². The van der Waals surface area contributed by atoms with Gasteiger partial charge in [0, 0.05) is 68.1 Å². The van der Waals surface area contributed by atoms with E-state index in [0.717, 1.165) is 6.26 Å². The maximum absolute atomic E-state index is 12.4. The summed E-state index contributed by atoms with van der Waals surface area (Å²) in [6.45, 7) is 0.747. The number of rotatable bonds is 4. The fraction of sp³-hybridized carbons (Fsp3) is 0.333. The van der Waals surface area contributed by atoms with Gasteiger partial charge in [0.25, 0.3) is 5.56 Å². The zero-order valence-electron chi connectivity index (χ0n) is 17.2. The van der Waals surface area contributed by atoms with Crippen LogP contribution in [0.2, 0.25) is 0 Å². The molecule has 1 aromatic carbocycles. The summed E-state index contributed by atoms with van der Waals surface area (Å²) in [5, 5.41) is 9.81. The van der Waals surface area contributed by atoms with Crippen molar-refractivity contribution in [2.24, 2.45) is 7.05 Å². The Labute approximate surface area is 178 Å². The SMILES string of the molecule is Cn1cc(-c2cc(S(C)(=O)=O)ccc2OC2CCN(C(=O)O)CC2)c2cc[nH]c2c1=O. The van der Waals surface area contributed by atoms with Gasteiger partial charge in [0.05, 0.1) is 4.90 Å². The number of pyridine rings is 1. The van der Waals surface area contributed by atoms with Crippen molar-refractivity contribution in [1.82, 2.24) is 14.5 Å². The fourth-order valence-electron chi connectivity index (χ4n) is 3.88. The van der Waals surface area contributed by atoms with Gasteiger partial charge in [-0.2, -0.15) is 0 Å². The predicted molar refractivity (Wildman–Crippen MR) is 115 cm³/mol. The Kier molecular flexibility index (Phi) is 5.26. The third-order valence-electron chi connectivity index (χ3n) is 5.57. The molecule has 0 spiro atoms. The number of nitrogens with zero attached hydrogens (tertiary/aromatic N) is 2. The van der Waals surface area contributed by atoms with Crippen LogP contribution in [0.1, 0.15) is 12.8 Å².